The minimum Gasteiger partial charge on any atom is -0.365 e. The van der Waals surface area contributed by atoms with Gasteiger partial charge in [0.05, 0.1) is 13.2 Å². The van der Waals surface area contributed by atoms with E-state index >= 15 is 0 Å². The number of carbonyl (C=O) groups excluding carboxylic acids is 2. The summed E-state index contributed by atoms with van der Waals surface area (Å²) in [4.78, 5) is 25.3. The zero-order valence-electron chi connectivity index (χ0n) is 11.7. The van der Waals surface area contributed by atoms with E-state index in [1.165, 1.54) is 0 Å². The molecule has 0 bridgehead atoms. The highest BCUT2D eigenvalue weighted by atomic mass is 16.5. The van der Waals surface area contributed by atoms with Gasteiger partial charge in [0.15, 0.2) is 6.10 Å². The molecule has 6 heteroatoms. The Morgan fingerprint density at radius 3 is 2.90 bits per heavy atom. The molecule has 0 unspecified atom stereocenters. The number of likely N-dealkylation sites (N-methyl/N-ethyl adjacent to an activating group) is 1. The summed E-state index contributed by atoms with van der Waals surface area (Å²) in [5, 5.41) is 5.36. The second kappa shape index (κ2) is 6.38. The van der Waals surface area contributed by atoms with Crippen LogP contribution in [0.1, 0.15) is 5.56 Å². The zero-order chi connectivity index (χ0) is 14.5. The third kappa shape index (κ3) is 3.48. The van der Waals surface area contributed by atoms with E-state index in [1.54, 1.807) is 11.9 Å². The van der Waals surface area contributed by atoms with Crippen molar-refractivity contribution in [2.45, 2.75) is 13.0 Å². The standard InChI is InChI=1S/C14H19N3O3/c1-10-4-3-5-11(8-10)16-14(19)17-6-7-20-12(9-17)13(18)15-2/h3-5,8,12H,6-7,9H2,1-2H3,(H,15,18)(H,16,19)/t12-/m0/s1. The molecule has 2 rings (SSSR count). The second-order valence-corrected chi connectivity index (χ2v) is 4.72. The SMILES string of the molecule is CNC(=O)[C@@H]1CN(C(=O)Nc2cccc(C)c2)CCO1. The molecule has 0 aliphatic carbocycles. The molecule has 1 aliphatic heterocycles. The Kier molecular flexibility index (Phi) is 4.57. The fraction of sp³-hybridized carbons (Fsp3) is 0.429. The number of amides is 3. The van der Waals surface area contributed by atoms with Crippen LogP contribution in [-0.4, -0.2) is 49.7 Å². The number of benzene rings is 1. The summed E-state index contributed by atoms with van der Waals surface area (Å²) in [6.07, 6.45) is -0.600. The van der Waals surface area contributed by atoms with E-state index in [-0.39, 0.29) is 18.5 Å². The summed E-state index contributed by atoms with van der Waals surface area (Å²) in [5.74, 6) is -0.210. The second-order valence-electron chi connectivity index (χ2n) is 4.72. The highest BCUT2D eigenvalue weighted by molar-refractivity contribution is 5.90. The van der Waals surface area contributed by atoms with Crippen LogP contribution in [0, 0.1) is 6.92 Å². The lowest BCUT2D eigenvalue weighted by Crippen LogP contribution is -2.52. The number of aryl methyl sites for hydroxylation is 1. The molecule has 1 heterocycles. The van der Waals surface area contributed by atoms with Gasteiger partial charge in [-0.2, -0.15) is 0 Å². The summed E-state index contributed by atoms with van der Waals surface area (Å²) < 4.78 is 5.35. The molecule has 1 aromatic rings. The van der Waals surface area contributed by atoms with Crippen LogP contribution in [0.5, 0.6) is 0 Å². The number of anilines is 1. The Morgan fingerprint density at radius 1 is 1.40 bits per heavy atom. The summed E-state index contributed by atoms with van der Waals surface area (Å²) >= 11 is 0. The average Bonchev–Trinajstić information content (AvgIpc) is 2.46. The number of nitrogens with one attached hydrogen (secondary N) is 2. The van der Waals surface area contributed by atoms with Crippen molar-refractivity contribution in [1.82, 2.24) is 10.2 Å². The van der Waals surface area contributed by atoms with Crippen molar-refractivity contribution in [1.29, 1.82) is 0 Å². The lowest BCUT2D eigenvalue weighted by molar-refractivity contribution is -0.136. The third-order valence-electron chi connectivity index (χ3n) is 3.16. The number of ether oxygens (including phenoxy) is 1. The van der Waals surface area contributed by atoms with E-state index < -0.39 is 6.10 Å². The molecule has 0 saturated carbocycles. The van der Waals surface area contributed by atoms with E-state index in [1.807, 2.05) is 31.2 Å². The number of hydrogen-bond acceptors (Lipinski definition) is 3. The zero-order valence-corrected chi connectivity index (χ0v) is 11.7. The Balaban J connectivity index is 1.97. The summed E-state index contributed by atoms with van der Waals surface area (Å²) in [6.45, 7) is 3.06. The smallest absolute Gasteiger partial charge is 0.322 e. The molecule has 2 N–H and O–H groups in total. The van der Waals surface area contributed by atoms with Crippen LogP contribution in [0.2, 0.25) is 0 Å². The molecule has 20 heavy (non-hydrogen) atoms. The van der Waals surface area contributed by atoms with Crippen molar-refractivity contribution in [3.8, 4) is 0 Å². The lowest BCUT2D eigenvalue weighted by Gasteiger charge is -2.31. The van der Waals surface area contributed by atoms with Gasteiger partial charge in [-0.25, -0.2) is 4.79 Å². The molecule has 1 saturated heterocycles. The van der Waals surface area contributed by atoms with Crippen LogP contribution < -0.4 is 10.6 Å². The van der Waals surface area contributed by atoms with Gasteiger partial charge >= 0.3 is 6.03 Å². The number of hydrogen-bond donors (Lipinski definition) is 2. The third-order valence-corrected chi connectivity index (χ3v) is 3.16. The maximum atomic E-state index is 12.2. The maximum Gasteiger partial charge on any atom is 0.322 e. The van der Waals surface area contributed by atoms with Crippen LogP contribution in [0.25, 0.3) is 0 Å². The molecule has 3 amide bonds. The fourth-order valence-corrected chi connectivity index (χ4v) is 2.08. The number of carbonyl (C=O) groups is 2. The largest absolute Gasteiger partial charge is 0.365 e. The van der Waals surface area contributed by atoms with Gasteiger partial charge < -0.3 is 20.3 Å². The highest BCUT2D eigenvalue weighted by Gasteiger charge is 2.28. The van der Waals surface area contributed by atoms with Crippen LogP contribution in [0.3, 0.4) is 0 Å². The first-order chi connectivity index (χ1) is 9.60. The molecule has 0 aromatic heterocycles. The van der Waals surface area contributed by atoms with Crippen LogP contribution >= 0.6 is 0 Å². The predicted octanol–water partition coefficient (Wildman–Crippen LogP) is 0.974. The van der Waals surface area contributed by atoms with Crippen LogP contribution in [0.4, 0.5) is 10.5 Å². The molecular formula is C14H19N3O3. The average molecular weight is 277 g/mol. The number of morpholine rings is 1. The number of nitrogens with zero attached hydrogens (tertiary/aromatic N) is 1. The Labute approximate surface area is 118 Å². The van der Waals surface area contributed by atoms with Gasteiger partial charge in [0.2, 0.25) is 0 Å². The molecule has 0 spiro atoms. The topological polar surface area (TPSA) is 70.7 Å². The van der Waals surface area contributed by atoms with Gasteiger partial charge in [-0.3, -0.25) is 4.79 Å². The van der Waals surface area contributed by atoms with E-state index in [0.29, 0.717) is 13.2 Å². The van der Waals surface area contributed by atoms with Gasteiger partial charge in [-0.1, -0.05) is 12.1 Å². The van der Waals surface area contributed by atoms with Gasteiger partial charge in [0, 0.05) is 19.3 Å². The van der Waals surface area contributed by atoms with Crippen LogP contribution in [0.15, 0.2) is 24.3 Å². The van der Waals surface area contributed by atoms with Gasteiger partial charge in [-0.05, 0) is 24.6 Å². The first kappa shape index (κ1) is 14.3. The van der Waals surface area contributed by atoms with Crippen molar-refractivity contribution in [2.75, 3.05) is 32.1 Å². The molecule has 6 nitrogen and oxygen atoms in total. The van der Waals surface area contributed by atoms with Crippen LogP contribution in [-0.2, 0) is 9.53 Å². The normalized spacial score (nSPS) is 18.5. The first-order valence-corrected chi connectivity index (χ1v) is 6.56. The molecule has 1 atom stereocenters. The molecule has 1 fully saturated rings. The molecule has 1 aromatic carbocycles. The molecule has 1 aliphatic rings. The van der Waals surface area contributed by atoms with Gasteiger partial charge in [-0.15, -0.1) is 0 Å². The number of urea groups is 1. The van der Waals surface area contributed by atoms with Gasteiger partial charge in [0.25, 0.3) is 5.91 Å². The summed E-state index contributed by atoms with van der Waals surface area (Å²) in [7, 11) is 1.55. The molecule has 0 radical (unpaired) electrons. The minimum absolute atomic E-state index is 0.210. The number of rotatable bonds is 2. The fourth-order valence-electron chi connectivity index (χ4n) is 2.08. The van der Waals surface area contributed by atoms with E-state index in [4.69, 9.17) is 4.74 Å². The van der Waals surface area contributed by atoms with E-state index in [9.17, 15) is 9.59 Å². The lowest BCUT2D eigenvalue weighted by atomic mass is 10.2. The Hall–Kier alpha value is -2.08. The maximum absolute atomic E-state index is 12.2. The minimum atomic E-state index is -0.600. The van der Waals surface area contributed by atoms with E-state index in [0.717, 1.165) is 11.3 Å². The van der Waals surface area contributed by atoms with Crippen molar-refractivity contribution in [3.63, 3.8) is 0 Å². The van der Waals surface area contributed by atoms with Crippen molar-refractivity contribution in [3.05, 3.63) is 29.8 Å². The van der Waals surface area contributed by atoms with Crippen molar-refractivity contribution >= 4 is 17.6 Å². The quantitative estimate of drug-likeness (QED) is 0.846. The van der Waals surface area contributed by atoms with Crippen molar-refractivity contribution in [2.24, 2.45) is 0 Å². The highest BCUT2D eigenvalue weighted by Crippen LogP contribution is 2.12. The Morgan fingerprint density at radius 2 is 2.20 bits per heavy atom. The monoisotopic (exact) mass is 277 g/mol. The van der Waals surface area contributed by atoms with Crippen molar-refractivity contribution < 1.29 is 14.3 Å². The van der Waals surface area contributed by atoms with E-state index in [2.05, 4.69) is 10.6 Å². The summed E-state index contributed by atoms with van der Waals surface area (Å²) in [6, 6.07) is 7.37. The first-order valence-electron chi connectivity index (χ1n) is 6.56. The molecular weight excluding hydrogens is 258 g/mol. The summed E-state index contributed by atoms with van der Waals surface area (Å²) in [5.41, 5.74) is 1.82. The van der Waals surface area contributed by atoms with Gasteiger partial charge in [0.1, 0.15) is 0 Å². The predicted molar refractivity (Wildman–Crippen MR) is 75.6 cm³/mol. The Bertz CT molecular complexity index is 504. The molecule has 108 valence electrons.